The number of carbonyl (C=O) groups is 4. The molecule has 0 saturated carbocycles. The average molecular weight is 1990 g/mol. The van der Waals surface area contributed by atoms with E-state index in [0.717, 1.165) is 49.6 Å². The first kappa shape index (κ1) is 102. The van der Waals surface area contributed by atoms with Gasteiger partial charge in [-0.3, -0.25) is 19.6 Å². The number of aromatic amines is 4. The molecule has 136 heavy (non-hydrogen) atoms. The lowest BCUT2D eigenvalue weighted by molar-refractivity contribution is -0.338. The molecular weight excluding hydrogens is 1920 g/mol. The molecule has 8 atom stereocenters. The van der Waals surface area contributed by atoms with Gasteiger partial charge in [-0.15, -0.1) is 0 Å². The van der Waals surface area contributed by atoms with E-state index in [1.54, 1.807) is 47.4 Å². The summed E-state index contributed by atoms with van der Waals surface area (Å²) in [4.78, 5) is 63.4. The van der Waals surface area contributed by atoms with Gasteiger partial charge in [-0.25, -0.2) is 29.0 Å². The largest absolute Gasteiger partial charge is 0.475 e. The van der Waals surface area contributed by atoms with E-state index in [1.165, 1.54) is 60.5 Å². The van der Waals surface area contributed by atoms with Crippen molar-refractivity contribution in [2.75, 3.05) is 93.6 Å². The number of urea groups is 4. The Bertz CT molecular complexity index is 5920. The van der Waals surface area contributed by atoms with Gasteiger partial charge in [0.25, 0.3) is 0 Å². The fourth-order valence-corrected chi connectivity index (χ4v) is 18.3. The second kappa shape index (κ2) is 36.1. The van der Waals surface area contributed by atoms with Gasteiger partial charge in [0.15, 0.2) is 0 Å². The molecule has 4 aliphatic carbocycles. The number of alkyl halides is 34. The predicted octanol–water partition coefficient (Wildman–Crippen LogP) is 18.9. The lowest BCUT2D eigenvalue weighted by Gasteiger charge is -2.41. The number of fused-ring (bicyclic) bond motifs is 8. The van der Waals surface area contributed by atoms with Crippen LogP contribution < -0.4 is 21.3 Å². The van der Waals surface area contributed by atoms with Crippen molar-refractivity contribution in [2.45, 2.75) is 148 Å². The van der Waals surface area contributed by atoms with Crippen LogP contribution in [-0.2, 0) is 38.0 Å². The molecule has 0 spiro atoms. The Morgan fingerprint density at radius 2 is 0.566 bits per heavy atom. The van der Waals surface area contributed by atoms with Gasteiger partial charge in [0.1, 0.15) is 50.7 Å². The number of benzene rings is 4. The fraction of sp³-hybridized carbons (Fsp3) is 0.463. The normalized spacial score (nSPS) is 21.3. The third kappa shape index (κ3) is 22.0. The minimum Gasteiger partial charge on any atom is -0.361 e. The van der Waals surface area contributed by atoms with Gasteiger partial charge < -0.3 is 51.0 Å². The Labute approximate surface area is 743 Å². The molecule has 8 aliphatic rings. The molecule has 20 nitrogen and oxygen atoms in total. The molecule has 8 heterocycles. The number of hydrogen-bond donors (Lipinski definition) is 8. The molecule has 0 saturated heterocycles. The van der Waals surface area contributed by atoms with Crippen LogP contribution in [0, 0.1) is 0 Å². The van der Waals surface area contributed by atoms with E-state index in [9.17, 15) is 168 Å². The van der Waals surface area contributed by atoms with Crippen molar-refractivity contribution < 1.29 is 168 Å². The summed E-state index contributed by atoms with van der Waals surface area (Å²) in [7, 11) is 6.47. The Balaban J connectivity index is 0.000000154. The highest BCUT2D eigenvalue weighted by Gasteiger charge is 2.67. The Morgan fingerprint density at radius 3 is 0.816 bits per heavy atom. The van der Waals surface area contributed by atoms with E-state index >= 15 is 0 Å². The van der Waals surface area contributed by atoms with Gasteiger partial charge >= 0.3 is 98.0 Å². The Kier molecular flexibility index (Phi) is 27.1. The van der Waals surface area contributed by atoms with Crippen LogP contribution in [0.2, 0.25) is 0 Å². The van der Waals surface area contributed by atoms with Crippen LogP contribution in [0.1, 0.15) is 55.9 Å². The number of rotatable bonds is 12. The summed E-state index contributed by atoms with van der Waals surface area (Å²) >= 11 is 0. The van der Waals surface area contributed by atoms with Crippen LogP contribution in [0.25, 0.3) is 65.9 Å². The maximum absolute atomic E-state index is 13.8. The molecule has 4 aromatic heterocycles. The molecule has 8 amide bonds. The molecule has 4 aliphatic heterocycles. The van der Waals surface area contributed by atoms with E-state index in [-0.39, 0.29) is 88.5 Å². The summed E-state index contributed by atoms with van der Waals surface area (Å²) < 4.78 is 443. The van der Waals surface area contributed by atoms with E-state index in [1.807, 2.05) is 60.0 Å². The zero-order valence-corrected chi connectivity index (χ0v) is 70.0. The SMILES string of the molecule is CN1CC(NC(=O)N(CC(F)(F)F)C(F)(F)C(F)(F)F)C=C2c3cccc4[nH]c(C(F)(F)F)c(c34)CC21.CN1CC(NC(=O)N(CC(F)(F)F)C(F)(F)C(F)(F)F)C=C2c3cccc4[nH]cc(c34)CC21.CN1CC(NC(=O)N(CC(F)(F)F)CC(F)(F)F)C=C2c3cccc4[nH]c(C(F)(F)F)c(c34)CC21.CN1CC(NC(=O)N(CC(F)(F)F)CC(F)(F)F)C=C2c3cccc4[nH]cc(c34)CC21. The van der Waals surface area contributed by atoms with Crippen LogP contribution in [0.5, 0.6) is 0 Å². The number of hydrogen-bond acceptors (Lipinski definition) is 8. The highest BCUT2D eigenvalue weighted by atomic mass is 19.5. The Morgan fingerprint density at radius 1 is 0.324 bits per heavy atom. The first-order chi connectivity index (χ1) is 62.4. The van der Waals surface area contributed by atoms with E-state index in [4.69, 9.17) is 0 Å². The molecule has 744 valence electrons. The standard InChI is InChI=1S/C21H17F11N4O.C21H19F9N4O.C20H18F8N4O.C20H20F6N4O/c1-35-7-9(33-17(37)36(8-18(22,23)24)21(31,32)20(28,29)30)5-11-10-3-2-4-13-15(10)12(6-14(11)35)16(34-13)19(25,26)27;1-33-7-10(31-18(35)34(8-19(22,23)24)9-20(25,26)27)5-12-11-3-2-4-14-16(11)13(6-15(12)33)17(32-14)21(28,29)30;1-31-8-11(30-17(33)32(9-18(21,22)23)20(27,28)19(24,25)26)6-13-12-3-2-4-14-16(12)10(7-29-14)5-15(13)31;1-29-8-12(28-18(31)30(9-19(21,22)23)10-20(24,25)26)6-14-13-3-2-4-15-17(13)11(7-27-15)5-16(14)29/h2-5,9,14,34H,6-8H2,1H3,(H,33,37);2-5,10,15,32H,6-9H2,1H3,(H,31,35);2-4,6-7,11,15,29H,5,8-9H2,1H3,(H,30,33);2-4,6-7,12,16,27H,5,8-10H2,1H3,(H,28,31). The summed E-state index contributed by atoms with van der Waals surface area (Å²) in [5.74, 6) is 0. The average Bonchev–Trinajstić information content (AvgIpc) is 1.56. The highest BCUT2D eigenvalue weighted by Crippen LogP contribution is 2.51. The second-order valence-electron chi connectivity index (χ2n) is 33.5. The van der Waals surface area contributed by atoms with Crippen molar-refractivity contribution in [3.05, 3.63) is 165 Å². The van der Waals surface area contributed by atoms with E-state index < -0.39 is 195 Å². The van der Waals surface area contributed by atoms with Gasteiger partial charge in [0.2, 0.25) is 0 Å². The molecule has 8 aromatic rings. The molecule has 16 rings (SSSR count). The van der Waals surface area contributed by atoms with Gasteiger partial charge in [-0.2, -0.15) is 149 Å². The molecule has 0 radical (unpaired) electrons. The summed E-state index contributed by atoms with van der Waals surface area (Å²) in [6, 6.07) is -4.98. The number of nitrogens with one attached hydrogen (secondary N) is 8. The highest BCUT2D eigenvalue weighted by molar-refractivity contribution is 6.03. The maximum atomic E-state index is 13.8. The van der Waals surface area contributed by atoms with Crippen molar-refractivity contribution in [3.63, 3.8) is 0 Å². The van der Waals surface area contributed by atoms with Gasteiger partial charge in [-0.05, 0) is 145 Å². The van der Waals surface area contributed by atoms with Gasteiger partial charge in [-0.1, -0.05) is 72.8 Å². The minimum atomic E-state index is -6.48. The quantitative estimate of drug-likeness (QED) is 0.0435. The van der Waals surface area contributed by atoms with Gasteiger partial charge in [0, 0.05) is 106 Å². The number of carbonyl (C=O) groups excluding carboxylic acids is 4. The van der Waals surface area contributed by atoms with Crippen LogP contribution in [0.3, 0.4) is 0 Å². The predicted molar refractivity (Wildman–Crippen MR) is 420 cm³/mol. The Hall–Kier alpha value is -11.5. The molecule has 54 heteroatoms. The number of nitrogens with zero attached hydrogens (tertiary/aromatic N) is 8. The fourth-order valence-electron chi connectivity index (χ4n) is 18.3. The zero-order valence-electron chi connectivity index (χ0n) is 70.0. The number of H-pyrrole nitrogens is 4. The molecule has 8 N–H and O–H groups in total. The minimum absolute atomic E-state index is 0.00325. The number of aromatic nitrogens is 4. The number of amides is 8. The summed E-state index contributed by atoms with van der Waals surface area (Å²) in [6.07, 6.45) is -42.3. The second-order valence-corrected chi connectivity index (χ2v) is 33.5. The summed E-state index contributed by atoms with van der Waals surface area (Å²) in [5.41, 5.74) is 7.59. The molecule has 8 unspecified atom stereocenters. The monoisotopic (exact) mass is 1990 g/mol. The van der Waals surface area contributed by atoms with Gasteiger partial charge in [0.05, 0.1) is 24.2 Å². The van der Waals surface area contributed by atoms with Crippen LogP contribution in [-0.4, -0.2) is 287 Å². The maximum Gasteiger partial charge on any atom is 0.475 e. The third-order valence-corrected chi connectivity index (χ3v) is 23.7. The lowest BCUT2D eigenvalue weighted by Crippen LogP contribution is -2.62. The third-order valence-electron chi connectivity index (χ3n) is 23.7. The van der Waals surface area contributed by atoms with Crippen LogP contribution in [0.15, 0.2) is 109 Å². The molecule has 4 aromatic carbocycles. The van der Waals surface area contributed by atoms with Crippen molar-refractivity contribution in [3.8, 4) is 0 Å². The first-order valence-electron chi connectivity index (χ1n) is 40.3. The van der Waals surface area contributed by atoms with Crippen molar-refractivity contribution >= 4 is 90.0 Å². The lowest BCUT2D eigenvalue weighted by atomic mass is 9.80. The molecule has 0 bridgehead atoms. The molecular formula is C82H74F34N16O4. The van der Waals surface area contributed by atoms with Crippen molar-refractivity contribution in [1.29, 1.82) is 0 Å². The topological polar surface area (TPSA) is 205 Å². The first-order valence-corrected chi connectivity index (χ1v) is 40.3. The smallest absolute Gasteiger partial charge is 0.361 e. The number of halogens is 34. The summed E-state index contributed by atoms with van der Waals surface area (Å²) in [6.45, 7) is -13.8. The van der Waals surface area contributed by atoms with Crippen molar-refractivity contribution in [1.82, 2.24) is 80.4 Å². The van der Waals surface area contributed by atoms with E-state index in [2.05, 4.69) is 30.6 Å². The van der Waals surface area contributed by atoms with Crippen LogP contribution >= 0.6 is 0 Å². The summed E-state index contributed by atoms with van der Waals surface area (Å²) in [5, 5.41) is 10.7. The zero-order chi connectivity index (χ0) is 101. The van der Waals surface area contributed by atoms with Crippen molar-refractivity contribution in [2.24, 2.45) is 0 Å². The number of likely N-dealkylation sites (N-methyl/N-ethyl adjacent to an activating group) is 4. The molecule has 0 fully saturated rings. The van der Waals surface area contributed by atoms with Crippen LogP contribution in [0.4, 0.5) is 168 Å². The van der Waals surface area contributed by atoms with E-state index in [0.29, 0.717) is 46.1 Å².